The first-order chi connectivity index (χ1) is 21.5. The Balaban J connectivity index is 1.45. The van der Waals surface area contributed by atoms with Crippen molar-refractivity contribution < 1.29 is 28.2 Å². The van der Waals surface area contributed by atoms with Crippen LogP contribution in [0.5, 0.6) is 5.88 Å². The molecule has 0 bridgehead atoms. The molecule has 11 heteroatoms. The smallest absolute Gasteiger partial charge is 0.274 e. The fourth-order valence-electron chi connectivity index (χ4n) is 5.84. The molecule has 3 heterocycles. The summed E-state index contributed by atoms with van der Waals surface area (Å²) < 4.78 is 33.2. The maximum atomic E-state index is 14.2. The van der Waals surface area contributed by atoms with Gasteiger partial charge in [-0.05, 0) is 89.0 Å². The second-order valence-corrected chi connectivity index (χ2v) is 11.3. The van der Waals surface area contributed by atoms with Crippen molar-refractivity contribution in [3.05, 3.63) is 59.2 Å². The number of benzene rings is 1. The standard InChI is InChI=1S/C33H42FN5O5/c1-3-38(18-8-20-43-29-11-6-7-19-42-29)33(41)30-31(35-22-40)37-32(39(30)21-24-12-14-25(34)15-13-24)27-16-17-28(36-23(27)2)44-26-9-4-5-10-26/h12-17,22,26,29H,3-11,18-21H2,1-2H3,(H,35,40). The Morgan fingerprint density at radius 1 is 1.11 bits per heavy atom. The van der Waals surface area contributed by atoms with E-state index in [1.54, 1.807) is 21.6 Å². The number of amides is 2. The van der Waals surface area contributed by atoms with Crippen molar-refractivity contribution >= 4 is 18.1 Å². The van der Waals surface area contributed by atoms with Crippen molar-refractivity contribution in [1.82, 2.24) is 19.4 Å². The topological polar surface area (TPSA) is 108 Å². The Kier molecular flexibility index (Phi) is 11.0. The zero-order valence-electron chi connectivity index (χ0n) is 25.6. The number of halogens is 1. The summed E-state index contributed by atoms with van der Waals surface area (Å²) in [6.45, 7) is 6.09. The van der Waals surface area contributed by atoms with Gasteiger partial charge in [-0.3, -0.25) is 9.59 Å². The molecule has 3 aromatic rings. The highest BCUT2D eigenvalue weighted by atomic mass is 19.1. The highest BCUT2D eigenvalue weighted by molar-refractivity contribution is 6.00. The number of ether oxygens (including phenoxy) is 3. The molecule has 1 aliphatic heterocycles. The Hall–Kier alpha value is -3.83. The Labute approximate surface area is 257 Å². The van der Waals surface area contributed by atoms with E-state index in [9.17, 15) is 14.0 Å². The first kappa shape index (κ1) is 31.6. The molecule has 1 aromatic carbocycles. The maximum absolute atomic E-state index is 14.2. The number of rotatable bonds is 14. The summed E-state index contributed by atoms with van der Waals surface area (Å²) in [5.41, 5.74) is 2.38. The van der Waals surface area contributed by atoms with Crippen molar-refractivity contribution in [3.8, 4) is 17.3 Å². The molecule has 1 N–H and O–H groups in total. The molecule has 0 spiro atoms. The van der Waals surface area contributed by atoms with Crippen LogP contribution in [0, 0.1) is 12.7 Å². The highest BCUT2D eigenvalue weighted by Gasteiger charge is 2.29. The first-order valence-electron chi connectivity index (χ1n) is 15.7. The SMILES string of the molecule is CCN(CCCOC1CCCCO1)C(=O)c1c(NC=O)nc(-c2ccc(OC3CCCC3)nc2C)n1Cc1ccc(F)cc1. The average molecular weight is 608 g/mol. The zero-order valence-corrected chi connectivity index (χ0v) is 25.6. The first-order valence-corrected chi connectivity index (χ1v) is 15.7. The van der Waals surface area contributed by atoms with Crippen molar-refractivity contribution in [2.45, 2.75) is 84.2 Å². The average Bonchev–Trinajstić information content (AvgIpc) is 3.67. The van der Waals surface area contributed by atoms with Crippen LogP contribution < -0.4 is 10.1 Å². The third kappa shape index (κ3) is 7.81. The van der Waals surface area contributed by atoms with Gasteiger partial charge in [0.15, 0.2) is 17.8 Å². The van der Waals surface area contributed by atoms with Crippen LogP contribution in [0.1, 0.15) is 80.0 Å². The summed E-state index contributed by atoms with van der Waals surface area (Å²) in [5.74, 6) is 0.537. The molecular formula is C33H42FN5O5. The summed E-state index contributed by atoms with van der Waals surface area (Å²) in [6, 6.07) is 9.82. The van der Waals surface area contributed by atoms with Gasteiger partial charge in [-0.25, -0.2) is 14.4 Å². The molecule has 44 heavy (non-hydrogen) atoms. The van der Waals surface area contributed by atoms with Gasteiger partial charge >= 0.3 is 0 Å². The summed E-state index contributed by atoms with van der Waals surface area (Å²) in [4.78, 5) is 37.0. The van der Waals surface area contributed by atoms with E-state index in [0.717, 1.165) is 50.5 Å². The predicted molar refractivity (Wildman–Crippen MR) is 164 cm³/mol. The molecule has 1 saturated carbocycles. The van der Waals surface area contributed by atoms with Gasteiger partial charge in [-0.15, -0.1) is 0 Å². The number of hydrogen-bond acceptors (Lipinski definition) is 7. The maximum Gasteiger partial charge on any atom is 0.274 e. The summed E-state index contributed by atoms with van der Waals surface area (Å²) >= 11 is 0. The predicted octanol–water partition coefficient (Wildman–Crippen LogP) is 5.73. The zero-order chi connectivity index (χ0) is 30.9. The lowest BCUT2D eigenvalue weighted by atomic mass is 10.1. The highest BCUT2D eigenvalue weighted by Crippen LogP contribution is 2.32. The van der Waals surface area contributed by atoms with E-state index < -0.39 is 0 Å². The monoisotopic (exact) mass is 607 g/mol. The third-order valence-electron chi connectivity index (χ3n) is 8.19. The number of imidazole rings is 1. The van der Waals surface area contributed by atoms with E-state index in [2.05, 4.69) is 5.32 Å². The molecule has 2 aliphatic rings. The molecule has 1 unspecified atom stereocenters. The molecule has 1 atom stereocenters. The summed E-state index contributed by atoms with van der Waals surface area (Å²) in [7, 11) is 0. The number of hydrogen-bond donors (Lipinski definition) is 1. The van der Waals surface area contributed by atoms with Gasteiger partial charge < -0.3 is 29.0 Å². The van der Waals surface area contributed by atoms with Gasteiger partial charge in [0.25, 0.3) is 5.91 Å². The molecule has 1 saturated heterocycles. The van der Waals surface area contributed by atoms with E-state index in [0.29, 0.717) is 62.1 Å². The number of aromatic nitrogens is 3. The molecule has 10 nitrogen and oxygen atoms in total. The van der Waals surface area contributed by atoms with Crippen LogP contribution in [0.4, 0.5) is 10.2 Å². The minimum atomic E-state index is -0.352. The Bertz CT molecular complexity index is 1400. The second kappa shape index (κ2) is 15.3. The summed E-state index contributed by atoms with van der Waals surface area (Å²) in [5, 5.41) is 2.64. The van der Waals surface area contributed by atoms with Crippen LogP contribution in [0.2, 0.25) is 0 Å². The molecule has 2 aromatic heterocycles. The van der Waals surface area contributed by atoms with E-state index in [1.807, 2.05) is 26.0 Å². The van der Waals surface area contributed by atoms with Gasteiger partial charge in [0.1, 0.15) is 17.7 Å². The van der Waals surface area contributed by atoms with Gasteiger partial charge in [0.2, 0.25) is 12.3 Å². The fraction of sp³-hybridized carbons (Fsp3) is 0.515. The van der Waals surface area contributed by atoms with E-state index in [4.69, 9.17) is 24.2 Å². The molecule has 5 rings (SSSR count). The molecule has 236 valence electrons. The van der Waals surface area contributed by atoms with Crippen LogP contribution in [0.3, 0.4) is 0 Å². The van der Waals surface area contributed by atoms with E-state index >= 15 is 0 Å². The lowest BCUT2D eigenvalue weighted by Gasteiger charge is -2.25. The largest absolute Gasteiger partial charge is 0.474 e. The van der Waals surface area contributed by atoms with Crippen molar-refractivity contribution in [2.75, 3.05) is 31.6 Å². The Morgan fingerprint density at radius 3 is 2.57 bits per heavy atom. The normalized spacial score (nSPS) is 17.0. The molecular weight excluding hydrogens is 565 g/mol. The van der Waals surface area contributed by atoms with Crippen molar-refractivity contribution in [2.24, 2.45) is 0 Å². The van der Waals surface area contributed by atoms with Crippen LogP contribution >= 0.6 is 0 Å². The number of nitrogens with one attached hydrogen (secondary N) is 1. The lowest BCUT2D eigenvalue weighted by molar-refractivity contribution is -0.162. The van der Waals surface area contributed by atoms with Crippen LogP contribution in [0.25, 0.3) is 11.4 Å². The number of nitrogens with zero attached hydrogens (tertiary/aromatic N) is 4. The second-order valence-electron chi connectivity index (χ2n) is 11.3. The number of pyridine rings is 1. The minimum Gasteiger partial charge on any atom is -0.474 e. The molecule has 2 fully saturated rings. The third-order valence-corrected chi connectivity index (χ3v) is 8.19. The Morgan fingerprint density at radius 2 is 1.89 bits per heavy atom. The number of carbonyl (C=O) groups excluding carboxylic acids is 2. The summed E-state index contributed by atoms with van der Waals surface area (Å²) in [6.07, 6.45) is 8.49. The minimum absolute atomic E-state index is 0.151. The molecule has 0 radical (unpaired) electrons. The molecule has 2 amide bonds. The number of aryl methyl sites for hydroxylation is 1. The van der Waals surface area contributed by atoms with E-state index in [1.165, 1.54) is 12.1 Å². The van der Waals surface area contributed by atoms with Crippen molar-refractivity contribution in [3.63, 3.8) is 0 Å². The van der Waals surface area contributed by atoms with Gasteiger partial charge in [0.05, 0.1) is 12.3 Å². The lowest BCUT2D eigenvalue weighted by Crippen LogP contribution is -2.35. The van der Waals surface area contributed by atoms with Crippen molar-refractivity contribution in [1.29, 1.82) is 0 Å². The quantitative estimate of drug-likeness (QED) is 0.184. The van der Waals surface area contributed by atoms with E-state index in [-0.39, 0.29) is 42.2 Å². The van der Waals surface area contributed by atoms with Gasteiger partial charge in [-0.2, -0.15) is 0 Å². The number of anilines is 1. The fourth-order valence-corrected chi connectivity index (χ4v) is 5.84. The van der Waals surface area contributed by atoms with Crippen LogP contribution in [-0.2, 0) is 20.8 Å². The van der Waals surface area contributed by atoms with Crippen LogP contribution in [0.15, 0.2) is 36.4 Å². The van der Waals surface area contributed by atoms with Gasteiger partial charge in [-0.1, -0.05) is 12.1 Å². The number of carbonyl (C=O) groups is 2. The van der Waals surface area contributed by atoms with Crippen LogP contribution in [-0.4, -0.2) is 70.4 Å². The van der Waals surface area contributed by atoms with Gasteiger partial charge in [0, 0.05) is 37.9 Å². The molecule has 1 aliphatic carbocycles.